The molecule has 0 aromatic heterocycles. The third kappa shape index (κ3) is 7.79. The summed E-state index contributed by atoms with van der Waals surface area (Å²) < 4.78 is 21.4. The van der Waals surface area contributed by atoms with Crippen LogP contribution < -0.4 is 21.1 Å². The number of carbonyl (C=O) groups excluding carboxylic acids is 5. The molecule has 1 unspecified atom stereocenters. The number of hydrogen-bond acceptors (Lipinski definition) is 10. The first-order valence-electron chi connectivity index (χ1n) is 12.2. The lowest BCUT2D eigenvalue weighted by molar-refractivity contribution is -0.136. The van der Waals surface area contributed by atoms with E-state index in [-0.39, 0.29) is 36.3 Å². The van der Waals surface area contributed by atoms with Gasteiger partial charge in [0.2, 0.25) is 11.8 Å². The monoisotopic (exact) mass is 520 g/mol. The van der Waals surface area contributed by atoms with Crippen molar-refractivity contribution in [2.24, 2.45) is 5.73 Å². The van der Waals surface area contributed by atoms with Crippen LogP contribution in [0.25, 0.3) is 0 Å². The maximum absolute atomic E-state index is 13.0. The second-order valence-corrected chi connectivity index (χ2v) is 8.28. The minimum atomic E-state index is -1.10. The Labute approximate surface area is 213 Å². The summed E-state index contributed by atoms with van der Waals surface area (Å²) in [5.41, 5.74) is 5.30. The molecule has 13 nitrogen and oxygen atoms in total. The number of imide groups is 2. The zero-order valence-corrected chi connectivity index (χ0v) is 20.5. The van der Waals surface area contributed by atoms with Crippen molar-refractivity contribution in [2.45, 2.75) is 31.7 Å². The molecule has 5 amide bonds. The largest absolute Gasteiger partial charge is 0.412 e. The molecule has 2 aliphatic rings. The van der Waals surface area contributed by atoms with E-state index >= 15 is 0 Å². The van der Waals surface area contributed by atoms with Gasteiger partial charge >= 0.3 is 6.09 Å². The molecule has 202 valence electrons. The first-order chi connectivity index (χ1) is 17.9. The predicted molar refractivity (Wildman–Crippen MR) is 128 cm³/mol. The van der Waals surface area contributed by atoms with Crippen LogP contribution in [0.5, 0.6) is 5.75 Å². The van der Waals surface area contributed by atoms with Gasteiger partial charge in [-0.15, -0.1) is 0 Å². The van der Waals surface area contributed by atoms with Crippen LogP contribution in [0.2, 0.25) is 0 Å². The molecule has 4 N–H and O–H groups in total. The second kappa shape index (κ2) is 14.4. The van der Waals surface area contributed by atoms with Crippen molar-refractivity contribution < 1.29 is 42.9 Å². The molecule has 37 heavy (non-hydrogen) atoms. The Bertz CT molecular complexity index is 1000. The van der Waals surface area contributed by atoms with E-state index < -0.39 is 35.8 Å². The van der Waals surface area contributed by atoms with E-state index in [0.29, 0.717) is 52.6 Å². The summed E-state index contributed by atoms with van der Waals surface area (Å²) in [5.74, 6) is -2.70. The number of rotatable bonds is 15. The number of benzene rings is 1. The molecule has 13 heteroatoms. The molecular weight excluding hydrogens is 488 g/mol. The van der Waals surface area contributed by atoms with Crippen LogP contribution in [0.3, 0.4) is 0 Å². The van der Waals surface area contributed by atoms with E-state index in [1.165, 1.54) is 18.2 Å². The Morgan fingerprint density at radius 3 is 2.32 bits per heavy atom. The van der Waals surface area contributed by atoms with Gasteiger partial charge in [-0.1, -0.05) is 6.07 Å². The van der Waals surface area contributed by atoms with Crippen molar-refractivity contribution in [1.82, 2.24) is 15.5 Å². The van der Waals surface area contributed by atoms with E-state index in [1.807, 2.05) is 0 Å². The van der Waals surface area contributed by atoms with Gasteiger partial charge in [0.1, 0.15) is 11.8 Å². The lowest BCUT2D eigenvalue weighted by atomic mass is 10.0. The topological polar surface area (TPSA) is 176 Å². The number of carbonyl (C=O) groups is 5. The van der Waals surface area contributed by atoms with Gasteiger partial charge in [0.05, 0.1) is 37.6 Å². The summed E-state index contributed by atoms with van der Waals surface area (Å²) in [6.45, 7) is 3.69. The van der Waals surface area contributed by atoms with Crippen LogP contribution in [0.4, 0.5) is 4.79 Å². The highest BCUT2D eigenvalue weighted by Gasteiger charge is 2.46. The van der Waals surface area contributed by atoms with Crippen LogP contribution in [0.1, 0.15) is 46.4 Å². The van der Waals surface area contributed by atoms with Crippen molar-refractivity contribution >= 4 is 29.7 Å². The average molecular weight is 521 g/mol. The van der Waals surface area contributed by atoms with Gasteiger partial charge in [-0.25, -0.2) is 4.79 Å². The maximum Gasteiger partial charge on any atom is 0.412 e. The van der Waals surface area contributed by atoms with Crippen LogP contribution in [0, 0.1) is 0 Å². The molecule has 0 saturated carbocycles. The fraction of sp³-hybridized carbons (Fsp3) is 0.542. The van der Waals surface area contributed by atoms with Crippen molar-refractivity contribution in [3.05, 3.63) is 29.3 Å². The third-order valence-electron chi connectivity index (χ3n) is 5.60. The minimum Gasteiger partial charge on any atom is -0.409 e. The molecule has 2 aliphatic heterocycles. The van der Waals surface area contributed by atoms with E-state index in [2.05, 4.69) is 10.6 Å². The molecule has 0 bridgehead atoms. The molecule has 1 saturated heterocycles. The number of nitrogens with two attached hydrogens (primary N) is 1. The summed E-state index contributed by atoms with van der Waals surface area (Å²) >= 11 is 0. The van der Waals surface area contributed by atoms with Gasteiger partial charge in [0.25, 0.3) is 11.8 Å². The molecule has 1 atom stereocenters. The second-order valence-electron chi connectivity index (χ2n) is 8.28. The van der Waals surface area contributed by atoms with Crippen molar-refractivity contribution in [3.8, 4) is 5.75 Å². The van der Waals surface area contributed by atoms with Gasteiger partial charge in [0, 0.05) is 26.2 Å². The highest BCUT2D eigenvalue weighted by atomic mass is 16.6. The molecule has 0 radical (unpaired) electrons. The third-order valence-corrected chi connectivity index (χ3v) is 5.60. The standard InChI is InChI=1S/C24H32N4O9/c25-8-2-10-34-12-14-36-15-13-35-11-3-9-26-24(33)37-18-5-1-4-16-20(18)23(32)28(22(16)31)17-6-7-19(29)27-21(17)30/h1,4-5,17H,2-3,6-15,25H2,(H,26,33)(H,27,29,30). The zero-order valence-electron chi connectivity index (χ0n) is 20.5. The lowest BCUT2D eigenvalue weighted by Gasteiger charge is -2.27. The summed E-state index contributed by atoms with van der Waals surface area (Å²) in [6, 6.07) is 3.18. The first-order valence-corrected chi connectivity index (χ1v) is 12.2. The lowest BCUT2D eigenvalue weighted by Crippen LogP contribution is -2.54. The van der Waals surface area contributed by atoms with Gasteiger partial charge < -0.3 is 30.0 Å². The molecule has 1 aromatic carbocycles. The van der Waals surface area contributed by atoms with E-state index in [1.54, 1.807) is 0 Å². The Hall–Kier alpha value is -3.39. The Morgan fingerprint density at radius 2 is 1.65 bits per heavy atom. The number of nitrogens with zero attached hydrogens (tertiary/aromatic N) is 1. The SMILES string of the molecule is NCCCOCCOCCOCCCNC(=O)Oc1cccc2c1C(=O)N(C1CCC(=O)NC1=O)C2=O. The van der Waals surface area contributed by atoms with Gasteiger partial charge in [-0.2, -0.15) is 0 Å². The molecule has 2 heterocycles. The minimum absolute atomic E-state index is 0.0108. The molecular formula is C24H32N4O9. The van der Waals surface area contributed by atoms with Crippen molar-refractivity contribution in [1.29, 1.82) is 0 Å². The van der Waals surface area contributed by atoms with Gasteiger partial charge in [-0.05, 0) is 37.9 Å². The molecule has 0 aliphatic carbocycles. The van der Waals surface area contributed by atoms with Gasteiger partial charge in [0.15, 0.2) is 0 Å². The Kier molecular flexibility index (Phi) is 11.0. The molecule has 1 aromatic rings. The number of hydrogen-bond donors (Lipinski definition) is 3. The zero-order chi connectivity index (χ0) is 26.6. The Balaban J connectivity index is 1.37. The fourth-order valence-corrected chi connectivity index (χ4v) is 3.80. The first kappa shape index (κ1) is 28.2. The van der Waals surface area contributed by atoms with Gasteiger partial charge in [-0.3, -0.25) is 29.4 Å². The number of piperidine rings is 1. The molecule has 1 fully saturated rings. The normalized spacial score (nSPS) is 17.1. The molecule has 3 rings (SSSR count). The number of amides is 5. The smallest absolute Gasteiger partial charge is 0.409 e. The van der Waals surface area contributed by atoms with Crippen molar-refractivity contribution in [2.75, 3.05) is 52.7 Å². The number of ether oxygens (including phenoxy) is 4. The highest BCUT2D eigenvalue weighted by molar-refractivity contribution is 6.24. The van der Waals surface area contributed by atoms with Crippen LogP contribution >= 0.6 is 0 Å². The van der Waals surface area contributed by atoms with Crippen molar-refractivity contribution in [3.63, 3.8) is 0 Å². The summed E-state index contributed by atoms with van der Waals surface area (Å²) in [5, 5.41) is 4.70. The fourth-order valence-electron chi connectivity index (χ4n) is 3.80. The van der Waals surface area contributed by atoms with E-state index in [4.69, 9.17) is 24.7 Å². The molecule has 0 spiro atoms. The predicted octanol–water partition coefficient (Wildman–Crippen LogP) is -0.0351. The van der Waals surface area contributed by atoms with Crippen LogP contribution in [-0.4, -0.2) is 93.4 Å². The van der Waals surface area contributed by atoms with Crippen LogP contribution in [-0.2, 0) is 23.8 Å². The number of fused-ring (bicyclic) bond motifs is 1. The quantitative estimate of drug-likeness (QED) is 0.210. The Morgan fingerprint density at radius 1 is 0.973 bits per heavy atom. The average Bonchev–Trinajstić information content (AvgIpc) is 3.12. The van der Waals surface area contributed by atoms with Crippen LogP contribution in [0.15, 0.2) is 18.2 Å². The number of nitrogens with one attached hydrogen (secondary N) is 2. The summed E-state index contributed by atoms with van der Waals surface area (Å²) in [7, 11) is 0. The maximum atomic E-state index is 13.0. The van der Waals surface area contributed by atoms with E-state index in [0.717, 1.165) is 11.3 Å². The highest BCUT2D eigenvalue weighted by Crippen LogP contribution is 2.33. The summed E-state index contributed by atoms with van der Waals surface area (Å²) in [4.78, 5) is 62.5. The van der Waals surface area contributed by atoms with E-state index in [9.17, 15) is 24.0 Å². The summed E-state index contributed by atoms with van der Waals surface area (Å²) in [6.07, 6.45) is 0.581.